The summed E-state index contributed by atoms with van der Waals surface area (Å²) in [4.78, 5) is 18.9. The number of aromatic nitrogens is 2. The van der Waals surface area contributed by atoms with Crippen molar-refractivity contribution < 1.29 is 14.1 Å². The molecular formula is C20H29ClN4O3. The number of amides is 1. The molecule has 7 nitrogen and oxygen atoms in total. The molecule has 28 heavy (non-hydrogen) atoms. The van der Waals surface area contributed by atoms with Crippen LogP contribution in [0.25, 0.3) is 0 Å². The first-order valence-electron chi connectivity index (χ1n) is 9.67. The van der Waals surface area contributed by atoms with Gasteiger partial charge < -0.3 is 19.5 Å². The predicted molar refractivity (Wildman–Crippen MR) is 109 cm³/mol. The SMILES string of the molecule is CCc1nc(COc2ccc(C(=O)N3CCC(CCNC)CC3)cc2)no1.Cl. The molecule has 154 valence electrons. The quantitative estimate of drug-likeness (QED) is 0.722. The van der Waals surface area contributed by atoms with Gasteiger partial charge in [0.2, 0.25) is 11.7 Å². The summed E-state index contributed by atoms with van der Waals surface area (Å²) in [5.74, 6) is 2.62. The van der Waals surface area contributed by atoms with Gasteiger partial charge in [-0.25, -0.2) is 0 Å². The summed E-state index contributed by atoms with van der Waals surface area (Å²) >= 11 is 0. The van der Waals surface area contributed by atoms with Crippen LogP contribution in [0.2, 0.25) is 0 Å². The number of likely N-dealkylation sites (tertiary alicyclic amines) is 1. The average Bonchev–Trinajstić information content (AvgIpc) is 3.19. The van der Waals surface area contributed by atoms with Crippen molar-refractivity contribution in [2.75, 3.05) is 26.7 Å². The number of carbonyl (C=O) groups excluding carboxylic acids is 1. The summed E-state index contributed by atoms with van der Waals surface area (Å²) in [7, 11) is 1.98. The van der Waals surface area contributed by atoms with E-state index >= 15 is 0 Å². The maximum atomic E-state index is 12.7. The molecule has 8 heteroatoms. The summed E-state index contributed by atoms with van der Waals surface area (Å²) in [6, 6.07) is 7.26. The molecule has 0 unspecified atom stereocenters. The minimum atomic E-state index is 0. The summed E-state index contributed by atoms with van der Waals surface area (Å²) in [6.45, 7) is 4.92. The molecule has 2 heterocycles. The second-order valence-corrected chi connectivity index (χ2v) is 6.90. The van der Waals surface area contributed by atoms with Crippen molar-refractivity contribution >= 4 is 18.3 Å². The molecule has 1 saturated heterocycles. The van der Waals surface area contributed by atoms with Crippen LogP contribution in [-0.2, 0) is 13.0 Å². The summed E-state index contributed by atoms with van der Waals surface area (Å²) in [5, 5.41) is 7.06. The second-order valence-electron chi connectivity index (χ2n) is 6.90. The highest BCUT2D eigenvalue weighted by Crippen LogP contribution is 2.22. The number of hydrogen-bond acceptors (Lipinski definition) is 6. The molecule has 1 aliphatic rings. The van der Waals surface area contributed by atoms with Gasteiger partial charge in [0.15, 0.2) is 6.61 Å². The van der Waals surface area contributed by atoms with E-state index in [0.29, 0.717) is 29.4 Å². The third-order valence-electron chi connectivity index (χ3n) is 4.99. The van der Waals surface area contributed by atoms with E-state index in [2.05, 4.69) is 15.5 Å². The van der Waals surface area contributed by atoms with Crippen LogP contribution in [0.15, 0.2) is 28.8 Å². The third kappa shape index (κ3) is 5.94. The number of halogens is 1. The zero-order valence-corrected chi connectivity index (χ0v) is 17.3. The first-order chi connectivity index (χ1) is 13.2. The van der Waals surface area contributed by atoms with Gasteiger partial charge in [0, 0.05) is 25.1 Å². The zero-order valence-electron chi connectivity index (χ0n) is 16.5. The second kappa shape index (κ2) is 11.0. The number of piperidine rings is 1. The van der Waals surface area contributed by atoms with Crippen LogP contribution in [0, 0.1) is 5.92 Å². The fourth-order valence-corrected chi connectivity index (χ4v) is 3.29. The van der Waals surface area contributed by atoms with Gasteiger partial charge in [-0.05, 0) is 63.0 Å². The molecule has 0 saturated carbocycles. The van der Waals surface area contributed by atoms with Gasteiger partial charge in [0.25, 0.3) is 5.91 Å². The fourth-order valence-electron chi connectivity index (χ4n) is 3.29. The number of aryl methyl sites for hydroxylation is 1. The number of carbonyl (C=O) groups is 1. The molecule has 1 aliphatic heterocycles. The minimum Gasteiger partial charge on any atom is -0.485 e. The van der Waals surface area contributed by atoms with Gasteiger partial charge >= 0.3 is 0 Å². The Hall–Kier alpha value is -2.12. The van der Waals surface area contributed by atoms with Crippen LogP contribution in [0.3, 0.4) is 0 Å². The lowest BCUT2D eigenvalue weighted by Crippen LogP contribution is -2.38. The van der Waals surface area contributed by atoms with E-state index in [1.807, 2.05) is 43.1 Å². The molecule has 1 aromatic heterocycles. The zero-order chi connectivity index (χ0) is 19.1. The largest absolute Gasteiger partial charge is 0.485 e. The number of ether oxygens (including phenoxy) is 1. The number of hydrogen-bond donors (Lipinski definition) is 1. The van der Waals surface area contributed by atoms with Crippen molar-refractivity contribution in [3.8, 4) is 5.75 Å². The maximum Gasteiger partial charge on any atom is 0.253 e. The Kier molecular flexibility index (Phi) is 8.73. The highest BCUT2D eigenvalue weighted by Gasteiger charge is 2.23. The molecule has 1 N–H and O–H groups in total. The van der Waals surface area contributed by atoms with E-state index in [1.54, 1.807) is 0 Å². The third-order valence-corrected chi connectivity index (χ3v) is 4.99. The van der Waals surface area contributed by atoms with Crippen LogP contribution in [0.1, 0.15) is 48.3 Å². The summed E-state index contributed by atoms with van der Waals surface area (Å²) < 4.78 is 10.7. The van der Waals surface area contributed by atoms with Gasteiger partial charge in [-0.1, -0.05) is 12.1 Å². The van der Waals surface area contributed by atoms with Crippen LogP contribution in [-0.4, -0.2) is 47.6 Å². The number of nitrogens with one attached hydrogen (secondary N) is 1. The number of nitrogens with zero attached hydrogens (tertiary/aromatic N) is 3. The van der Waals surface area contributed by atoms with Crippen molar-refractivity contribution in [2.45, 2.75) is 39.2 Å². The molecule has 1 aromatic carbocycles. The highest BCUT2D eigenvalue weighted by atomic mass is 35.5. The van der Waals surface area contributed by atoms with E-state index in [1.165, 1.54) is 6.42 Å². The normalized spacial score (nSPS) is 14.6. The van der Waals surface area contributed by atoms with Gasteiger partial charge in [0.1, 0.15) is 5.75 Å². The van der Waals surface area contributed by atoms with Crippen molar-refractivity contribution in [3.05, 3.63) is 41.5 Å². The monoisotopic (exact) mass is 408 g/mol. The lowest BCUT2D eigenvalue weighted by molar-refractivity contribution is 0.0687. The smallest absolute Gasteiger partial charge is 0.253 e. The summed E-state index contributed by atoms with van der Waals surface area (Å²) in [5.41, 5.74) is 0.698. The Morgan fingerprint density at radius 1 is 1.29 bits per heavy atom. The standard InChI is InChI=1S/C20H28N4O3.ClH/c1-3-19-22-18(23-27-19)14-26-17-6-4-16(5-7-17)20(25)24-12-9-15(10-13-24)8-11-21-2;/h4-7,15,21H,3,8-14H2,1-2H3;1H. The van der Waals surface area contributed by atoms with Gasteiger partial charge in [-0.15, -0.1) is 12.4 Å². The molecule has 1 fully saturated rings. The van der Waals surface area contributed by atoms with E-state index in [-0.39, 0.29) is 24.9 Å². The van der Waals surface area contributed by atoms with E-state index in [4.69, 9.17) is 9.26 Å². The van der Waals surface area contributed by atoms with E-state index in [0.717, 1.165) is 38.4 Å². The van der Waals surface area contributed by atoms with E-state index in [9.17, 15) is 4.79 Å². The predicted octanol–water partition coefficient (Wildman–Crippen LogP) is 3.09. The van der Waals surface area contributed by atoms with Crippen molar-refractivity contribution in [1.82, 2.24) is 20.4 Å². The first kappa shape index (κ1) is 22.2. The van der Waals surface area contributed by atoms with Crippen LogP contribution < -0.4 is 10.1 Å². The maximum absolute atomic E-state index is 12.7. The highest BCUT2D eigenvalue weighted by molar-refractivity contribution is 5.94. The minimum absolute atomic E-state index is 0. The Balaban J connectivity index is 0.00000280. The van der Waals surface area contributed by atoms with Crippen LogP contribution >= 0.6 is 12.4 Å². The van der Waals surface area contributed by atoms with Crippen LogP contribution in [0.4, 0.5) is 0 Å². The van der Waals surface area contributed by atoms with E-state index < -0.39 is 0 Å². The van der Waals surface area contributed by atoms with Gasteiger partial charge in [0.05, 0.1) is 0 Å². The Morgan fingerprint density at radius 3 is 2.61 bits per heavy atom. The molecule has 2 aromatic rings. The number of rotatable bonds is 8. The average molecular weight is 409 g/mol. The lowest BCUT2D eigenvalue weighted by atomic mass is 9.93. The molecule has 0 radical (unpaired) electrons. The van der Waals surface area contributed by atoms with Gasteiger partial charge in [-0.2, -0.15) is 4.98 Å². The lowest BCUT2D eigenvalue weighted by Gasteiger charge is -2.32. The molecule has 0 spiro atoms. The molecular weight excluding hydrogens is 380 g/mol. The molecule has 0 atom stereocenters. The Bertz CT molecular complexity index is 727. The molecule has 1 amide bonds. The Morgan fingerprint density at radius 2 is 2.00 bits per heavy atom. The van der Waals surface area contributed by atoms with Gasteiger partial charge in [-0.3, -0.25) is 4.79 Å². The molecule has 0 aliphatic carbocycles. The van der Waals surface area contributed by atoms with Crippen LogP contribution in [0.5, 0.6) is 5.75 Å². The van der Waals surface area contributed by atoms with Crippen molar-refractivity contribution in [3.63, 3.8) is 0 Å². The summed E-state index contributed by atoms with van der Waals surface area (Å²) in [6.07, 6.45) is 4.05. The molecule has 0 bridgehead atoms. The Labute approximate surface area is 172 Å². The fraction of sp³-hybridized carbons (Fsp3) is 0.550. The number of benzene rings is 1. The first-order valence-corrected chi connectivity index (χ1v) is 9.67. The van der Waals surface area contributed by atoms with Crippen molar-refractivity contribution in [1.29, 1.82) is 0 Å². The van der Waals surface area contributed by atoms with Crippen molar-refractivity contribution in [2.24, 2.45) is 5.92 Å². The topological polar surface area (TPSA) is 80.5 Å². The molecule has 3 rings (SSSR count).